The molecule has 7 heteroatoms. The Kier molecular flexibility index (Phi) is 3.36. The Labute approximate surface area is 102 Å². The van der Waals surface area contributed by atoms with E-state index in [9.17, 15) is 13.2 Å². The molecule has 1 aliphatic heterocycles. The second-order valence-corrected chi connectivity index (χ2v) is 4.56. The van der Waals surface area contributed by atoms with Crippen LogP contribution < -0.4 is 5.32 Å². The highest BCUT2D eigenvalue weighted by Gasteiger charge is 2.40. The molecule has 2 rings (SSSR count). The van der Waals surface area contributed by atoms with Crippen molar-refractivity contribution < 1.29 is 13.2 Å². The van der Waals surface area contributed by atoms with Crippen LogP contribution in [0.1, 0.15) is 30.0 Å². The summed E-state index contributed by atoms with van der Waals surface area (Å²) in [6.07, 6.45) is -3.12. The molecule has 0 radical (unpaired) electrons. The summed E-state index contributed by atoms with van der Waals surface area (Å²) in [5, 5.41) is 6.71. The van der Waals surface area contributed by atoms with Crippen molar-refractivity contribution in [3.8, 4) is 0 Å². The summed E-state index contributed by atoms with van der Waals surface area (Å²) in [4.78, 5) is 0. The molecule has 3 nitrogen and oxygen atoms in total. The molecule has 1 aliphatic rings. The molecule has 2 heterocycles. The van der Waals surface area contributed by atoms with E-state index in [0.29, 0.717) is 25.9 Å². The van der Waals surface area contributed by atoms with Crippen LogP contribution in [0.25, 0.3) is 0 Å². The van der Waals surface area contributed by atoms with E-state index in [1.807, 2.05) is 0 Å². The van der Waals surface area contributed by atoms with Gasteiger partial charge in [-0.05, 0) is 31.8 Å². The van der Waals surface area contributed by atoms with Crippen molar-refractivity contribution in [3.05, 3.63) is 16.4 Å². The molecule has 0 aromatic carbocycles. The predicted molar refractivity (Wildman–Crippen MR) is 58.1 cm³/mol. The molecular weight excluding hydrogens is 255 g/mol. The molecule has 1 N–H and O–H groups in total. The topological polar surface area (TPSA) is 29.9 Å². The van der Waals surface area contributed by atoms with Crippen molar-refractivity contribution in [2.75, 3.05) is 13.1 Å². The van der Waals surface area contributed by atoms with Gasteiger partial charge in [0, 0.05) is 12.6 Å². The fraction of sp³-hybridized carbons (Fsp3) is 0.700. The molecule has 0 amide bonds. The van der Waals surface area contributed by atoms with Crippen LogP contribution in [0.4, 0.5) is 13.2 Å². The molecule has 0 bridgehead atoms. The number of alkyl halides is 3. The van der Waals surface area contributed by atoms with Gasteiger partial charge in [0.15, 0.2) is 5.69 Å². The van der Waals surface area contributed by atoms with E-state index in [1.165, 1.54) is 7.05 Å². The molecule has 0 saturated carbocycles. The molecule has 0 atom stereocenters. The number of aromatic nitrogens is 2. The van der Waals surface area contributed by atoms with E-state index in [4.69, 9.17) is 11.6 Å². The quantitative estimate of drug-likeness (QED) is 0.847. The summed E-state index contributed by atoms with van der Waals surface area (Å²) in [5.41, 5.74) is -0.680. The summed E-state index contributed by atoms with van der Waals surface area (Å²) in [5.74, 6) is -0.158. The minimum absolute atomic E-state index is 0.101. The predicted octanol–water partition coefficient (Wildman–Crippen LogP) is 2.56. The zero-order valence-electron chi connectivity index (χ0n) is 9.31. The largest absolute Gasteiger partial charge is 0.435 e. The van der Waals surface area contributed by atoms with Gasteiger partial charge < -0.3 is 5.32 Å². The summed E-state index contributed by atoms with van der Waals surface area (Å²) >= 11 is 5.93. The minimum atomic E-state index is -4.44. The van der Waals surface area contributed by atoms with Crippen LogP contribution in [-0.2, 0) is 13.2 Å². The van der Waals surface area contributed by atoms with Crippen molar-refractivity contribution in [1.29, 1.82) is 0 Å². The number of halogens is 4. The number of nitrogens with zero attached hydrogens (tertiary/aromatic N) is 2. The first kappa shape index (κ1) is 12.7. The molecule has 0 unspecified atom stereocenters. The minimum Gasteiger partial charge on any atom is -0.317 e. The third-order valence-electron chi connectivity index (χ3n) is 3.03. The van der Waals surface area contributed by atoms with E-state index >= 15 is 0 Å². The van der Waals surface area contributed by atoms with Gasteiger partial charge >= 0.3 is 6.18 Å². The molecule has 0 aliphatic carbocycles. The summed E-state index contributed by atoms with van der Waals surface area (Å²) < 4.78 is 39.6. The van der Waals surface area contributed by atoms with E-state index < -0.39 is 11.9 Å². The first-order chi connectivity index (χ1) is 7.91. The Morgan fingerprint density at radius 1 is 1.35 bits per heavy atom. The summed E-state index contributed by atoms with van der Waals surface area (Å²) in [7, 11) is 1.43. The van der Waals surface area contributed by atoms with E-state index in [0.717, 1.165) is 4.68 Å². The molecule has 96 valence electrons. The van der Waals surface area contributed by atoms with Gasteiger partial charge in [-0.2, -0.15) is 18.3 Å². The lowest BCUT2D eigenvalue weighted by Crippen LogP contribution is -2.27. The van der Waals surface area contributed by atoms with Gasteiger partial charge in [0.1, 0.15) is 5.15 Å². The fourth-order valence-corrected chi connectivity index (χ4v) is 2.48. The highest BCUT2D eigenvalue weighted by atomic mass is 35.5. The van der Waals surface area contributed by atoms with Crippen LogP contribution >= 0.6 is 11.6 Å². The van der Waals surface area contributed by atoms with Gasteiger partial charge in [-0.25, -0.2) is 0 Å². The number of nitrogens with one attached hydrogen (secondary N) is 1. The SMILES string of the molecule is Cn1nc(C(F)(F)F)c(C2CCNCC2)c1Cl. The zero-order chi connectivity index (χ0) is 12.6. The van der Waals surface area contributed by atoms with Gasteiger partial charge in [0.05, 0.1) is 0 Å². The monoisotopic (exact) mass is 267 g/mol. The Bertz CT molecular complexity index is 408. The number of rotatable bonds is 1. The van der Waals surface area contributed by atoms with E-state index in [2.05, 4.69) is 10.4 Å². The normalized spacial score (nSPS) is 18.6. The highest BCUT2D eigenvalue weighted by Crippen LogP contribution is 2.40. The standard InChI is InChI=1S/C10H13ClF3N3/c1-17-9(11)7(6-2-4-15-5-3-6)8(16-17)10(12,13)14/h6,15H,2-5H2,1H3. The summed E-state index contributed by atoms with van der Waals surface area (Å²) in [6, 6.07) is 0. The maximum absolute atomic E-state index is 12.8. The van der Waals surface area contributed by atoms with Gasteiger partial charge in [-0.3, -0.25) is 4.68 Å². The maximum atomic E-state index is 12.8. The molecule has 1 aromatic rings. The van der Waals surface area contributed by atoms with E-state index in [1.54, 1.807) is 0 Å². The fourth-order valence-electron chi connectivity index (χ4n) is 2.20. The molecule has 0 spiro atoms. The second kappa shape index (κ2) is 4.49. The summed E-state index contributed by atoms with van der Waals surface area (Å²) in [6.45, 7) is 1.43. The number of piperidine rings is 1. The van der Waals surface area contributed by atoms with Gasteiger partial charge in [0.25, 0.3) is 0 Å². The lowest BCUT2D eigenvalue weighted by Gasteiger charge is -2.23. The van der Waals surface area contributed by atoms with Gasteiger partial charge in [-0.15, -0.1) is 0 Å². The maximum Gasteiger partial charge on any atom is 0.435 e. The second-order valence-electron chi connectivity index (χ2n) is 4.20. The van der Waals surface area contributed by atoms with Crippen LogP contribution in [0.5, 0.6) is 0 Å². The lowest BCUT2D eigenvalue weighted by molar-refractivity contribution is -0.142. The smallest absolute Gasteiger partial charge is 0.317 e. The Morgan fingerprint density at radius 2 is 1.94 bits per heavy atom. The van der Waals surface area contributed by atoms with Crippen LogP contribution in [0.15, 0.2) is 0 Å². The molecule has 1 saturated heterocycles. The molecule has 17 heavy (non-hydrogen) atoms. The van der Waals surface area contributed by atoms with Crippen LogP contribution in [0.2, 0.25) is 5.15 Å². The Morgan fingerprint density at radius 3 is 2.47 bits per heavy atom. The van der Waals surface area contributed by atoms with Crippen molar-refractivity contribution in [1.82, 2.24) is 15.1 Å². The Hall–Kier alpha value is -0.750. The van der Waals surface area contributed by atoms with Gasteiger partial charge in [0.2, 0.25) is 0 Å². The van der Waals surface area contributed by atoms with Crippen molar-refractivity contribution >= 4 is 11.6 Å². The number of aryl methyl sites for hydroxylation is 1. The third kappa shape index (κ3) is 2.42. The molecule has 1 fully saturated rings. The highest BCUT2D eigenvalue weighted by molar-refractivity contribution is 6.30. The molecule has 1 aromatic heterocycles. The van der Waals surface area contributed by atoms with Crippen molar-refractivity contribution in [3.63, 3.8) is 0 Å². The van der Waals surface area contributed by atoms with Crippen molar-refractivity contribution in [2.24, 2.45) is 7.05 Å². The van der Waals surface area contributed by atoms with Crippen LogP contribution in [-0.4, -0.2) is 22.9 Å². The Balaban J connectivity index is 2.43. The average molecular weight is 268 g/mol. The third-order valence-corrected chi connectivity index (χ3v) is 3.48. The number of hydrogen-bond acceptors (Lipinski definition) is 2. The van der Waals surface area contributed by atoms with Crippen LogP contribution in [0, 0.1) is 0 Å². The molecular formula is C10H13ClF3N3. The van der Waals surface area contributed by atoms with Crippen LogP contribution in [0.3, 0.4) is 0 Å². The van der Waals surface area contributed by atoms with Gasteiger partial charge in [-0.1, -0.05) is 11.6 Å². The lowest BCUT2D eigenvalue weighted by atomic mass is 9.90. The number of hydrogen-bond donors (Lipinski definition) is 1. The first-order valence-corrected chi connectivity index (χ1v) is 5.79. The zero-order valence-corrected chi connectivity index (χ0v) is 10.1. The average Bonchev–Trinajstić information content (AvgIpc) is 2.57. The van der Waals surface area contributed by atoms with E-state index in [-0.39, 0.29) is 16.6 Å². The first-order valence-electron chi connectivity index (χ1n) is 5.41. The van der Waals surface area contributed by atoms with Crippen molar-refractivity contribution in [2.45, 2.75) is 24.9 Å².